The predicted molar refractivity (Wildman–Crippen MR) is 121 cm³/mol. The summed E-state index contributed by atoms with van der Waals surface area (Å²) in [7, 11) is 3.02. The summed E-state index contributed by atoms with van der Waals surface area (Å²) in [5.74, 6) is -1.99. The monoisotopic (exact) mass is 478 g/mol. The summed E-state index contributed by atoms with van der Waals surface area (Å²) in [5, 5.41) is 2.57. The Morgan fingerprint density at radius 1 is 1.03 bits per heavy atom. The Bertz CT molecular complexity index is 1000. The molecule has 0 aliphatic heterocycles. The predicted octanol–water partition coefficient (Wildman–Crippen LogP) is 2.08. The van der Waals surface area contributed by atoms with Gasteiger partial charge in [-0.15, -0.1) is 11.3 Å². The molecule has 2 rings (SSSR count). The molecule has 0 bridgehead atoms. The van der Waals surface area contributed by atoms with Crippen LogP contribution >= 0.6 is 11.3 Å². The van der Waals surface area contributed by atoms with E-state index in [1.165, 1.54) is 14.0 Å². The number of carbonyl (C=O) groups excluding carboxylic acids is 4. The largest absolute Gasteiger partial charge is 0.497 e. The third-order valence-electron chi connectivity index (χ3n) is 4.49. The van der Waals surface area contributed by atoms with Crippen molar-refractivity contribution < 1.29 is 38.1 Å². The van der Waals surface area contributed by atoms with Gasteiger partial charge >= 0.3 is 11.9 Å². The number of benzene rings is 1. The summed E-state index contributed by atoms with van der Waals surface area (Å²) in [6, 6.07) is 7.24. The Hall–Kier alpha value is -3.44. The van der Waals surface area contributed by atoms with Gasteiger partial charge in [0, 0.05) is 13.5 Å². The van der Waals surface area contributed by atoms with Crippen LogP contribution in [0.15, 0.2) is 24.3 Å². The molecule has 0 radical (unpaired) electrons. The molecule has 33 heavy (non-hydrogen) atoms. The number of primary amides is 1. The first-order chi connectivity index (χ1) is 15.8. The van der Waals surface area contributed by atoms with Gasteiger partial charge in [-0.1, -0.05) is 12.1 Å². The molecule has 1 aromatic carbocycles. The number of hydrogen-bond acceptors (Lipinski definition) is 9. The number of ether oxygens (including phenoxy) is 4. The fourth-order valence-corrected chi connectivity index (χ4v) is 3.85. The SMILES string of the molecule is COCCOC(=O)c1c(NC(=O)COC(=O)CCc2ccc(OC)cc2)sc(C(N)=O)c1C. The van der Waals surface area contributed by atoms with E-state index in [1.807, 2.05) is 12.1 Å². The highest BCUT2D eigenvalue weighted by Gasteiger charge is 2.26. The zero-order valence-electron chi connectivity index (χ0n) is 18.6. The highest BCUT2D eigenvalue weighted by Crippen LogP contribution is 2.33. The molecule has 0 spiro atoms. The summed E-state index contributed by atoms with van der Waals surface area (Å²) in [5.41, 5.74) is 6.58. The number of anilines is 1. The van der Waals surface area contributed by atoms with Crippen molar-refractivity contribution >= 4 is 40.1 Å². The quantitative estimate of drug-likeness (QED) is 0.349. The summed E-state index contributed by atoms with van der Waals surface area (Å²) >= 11 is 0.846. The number of carbonyl (C=O) groups is 4. The van der Waals surface area contributed by atoms with E-state index in [1.54, 1.807) is 19.2 Å². The number of nitrogens with one attached hydrogen (secondary N) is 1. The molecule has 2 aromatic rings. The van der Waals surface area contributed by atoms with E-state index < -0.39 is 30.4 Å². The van der Waals surface area contributed by atoms with Crippen molar-refractivity contribution in [2.24, 2.45) is 5.73 Å². The topological polar surface area (TPSA) is 143 Å². The molecule has 1 aromatic heterocycles. The van der Waals surface area contributed by atoms with Crippen LogP contribution in [-0.4, -0.2) is 57.8 Å². The third kappa shape index (κ3) is 7.58. The summed E-state index contributed by atoms with van der Waals surface area (Å²) in [4.78, 5) is 48.5. The van der Waals surface area contributed by atoms with Gasteiger partial charge in [-0.3, -0.25) is 14.4 Å². The molecule has 0 fully saturated rings. The van der Waals surface area contributed by atoms with Crippen molar-refractivity contribution in [2.75, 3.05) is 39.4 Å². The van der Waals surface area contributed by atoms with Gasteiger partial charge in [0.1, 0.15) is 17.4 Å². The minimum absolute atomic E-state index is 0.00425. The molecule has 178 valence electrons. The van der Waals surface area contributed by atoms with Crippen LogP contribution in [0.3, 0.4) is 0 Å². The zero-order valence-corrected chi connectivity index (χ0v) is 19.4. The van der Waals surface area contributed by atoms with Crippen LogP contribution in [-0.2, 0) is 30.2 Å². The lowest BCUT2D eigenvalue weighted by molar-refractivity contribution is -0.147. The lowest BCUT2D eigenvalue weighted by Crippen LogP contribution is -2.22. The van der Waals surface area contributed by atoms with Gasteiger partial charge in [-0.2, -0.15) is 0 Å². The minimum atomic E-state index is -0.742. The second-order valence-electron chi connectivity index (χ2n) is 6.81. The molecular weight excluding hydrogens is 452 g/mol. The van der Waals surface area contributed by atoms with E-state index in [0.717, 1.165) is 16.9 Å². The molecule has 3 N–H and O–H groups in total. The smallest absolute Gasteiger partial charge is 0.341 e. The van der Waals surface area contributed by atoms with Crippen molar-refractivity contribution in [3.63, 3.8) is 0 Å². The lowest BCUT2D eigenvalue weighted by Gasteiger charge is -2.09. The van der Waals surface area contributed by atoms with Gasteiger partial charge in [0.05, 0.1) is 24.2 Å². The van der Waals surface area contributed by atoms with E-state index in [4.69, 9.17) is 24.7 Å². The number of hydrogen-bond donors (Lipinski definition) is 2. The number of aryl methyl sites for hydroxylation is 1. The number of amides is 2. The van der Waals surface area contributed by atoms with Gasteiger partial charge < -0.3 is 30.0 Å². The van der Waals surface area contributed by atoms with Crippen LogP contribution in [0.5, 0.6) is 5.75 Å². The van der Waals surface area contributed by atoms with Gasteiger partial charge in [0.25, 0.3) is 11.8 Å². The minimum Gasteiger partial charge on any atom is -0.497 e. The van der Waals surface area contributed by atoms with Crippen molar-refractivity contribution in [2.45, 2.75) is 19.8 Å². The maximum Gasteiger partial charge on any atom is 0.341 e. The number of nitrogens with two attached hydrogens (primary N) is 1. The molecule has 0 unspecified atom stereocenters. The molecule has 0 aliphatic carbocycles. The van der Waals surface area contributed by atoms with Crippen molar-refractivity contribution in [3.8, 4) is 5.75 Å². The fraction of sp³-hybridized carbons (Fsp3) is 0.364. The maximum absolute atomic E-state index is 12.4. The summed E-state index contributed by atoms with van der Waals surface area (Å²) in [6.45, 7) is 1.16. The molecule has 0 saturated heterocycles. The summed E-state index contributed by atoms with van der Waals surface area (Å²) in [6.07, 6.45) is 0.522. The van der Waals surface area contributed by atoms with Gasteiger partial charge in [0.2, 0.25) is 0 Å². The van der Waals surface area contributed by atoms with Gasteiger partial charge in [-0.05, 0) is 36.6 Å². The van der Waals surface area contributed by atoms with Crippen molar-refractivity contribution in [1.29, 1.82) is 0 Å². The lowest BCUT2D eigenvalue weighted by atomic mass is 10.1. The number of thiophene rings is 1. The average Bonchev–Trinajstić information content (AvgIpc) is 3.12. The Morgan fingerprint density at radius 2 is 1.73 bits per heavy atom. The van der Waals surface area contributed by atoms with E-state index in [0.29, 0.717) is 17.7 Å². The number of rotatable bonds is 12. The van der Waals surface area contributed by atoms with Crippen LogP contribution in [0, 0.1) is 6.92 Å². The zero-order chi connectivity index (χ0) is 24.4. The van der Waals surface area contributed by atoms with Gasteiger partial charge in [-0.25, -0.2) is 4.79 Å². The molecule has 11 heteroatoms. The first kappa shape index (κ1) is 25.8. The molecule has 0 aliphatic rings. The molecular formula is C22H26N2O8S. The normalized spacial score (nSPS) is 10.4. The first-order valence-corrected chi connectivity index (χ1v) is 10.8. The van der Waals surface area contributed by atoms with E-state index in [-0.39, 0.29) is 35.1 Å². The Morgan fingerprint density at radius 3 is 2.33 bits per heavy atom. The van der Waals surface area contributed by atoms with Crippen LogP contribution < -0.4 is 15.8 Å². The van der Waals surface area contributed by atoms with Crippen molar-refractivity contribution in [3.05, 3.63) is 45.8 Å². The second kappa shape index (κ2) is 12.6. The average molecular weight is 479 g/mol. The molecule has 10 nitrogen and oxygen atoms in total. The second-order valence-corrected chi connectivity index (χ2v) is 7.83. The number of methoxy groups -OCH3 is 2. The molecule has 2 amide bonds. The van der Waals surface area contributed by atoms with Gasteiger partial charge in [0.15, 0.2) is 6.61 Å². The molecule has 1 heterocycles. The highest BCUT2D eigenvalue weighted by molar-refractivity contribution is 7.18. The van der Waals surface area contributed by atoms with Crippen LogP contribution in [0.1, 0.15) is 37.6 Å². The Labute approximate surface area is 194 Å². The van der Waals surface area contributed by atoms with E-state index in [2.05, 4.69) is 5.32 Å². The standard InChI is InChI=1S/C22H26N2O8S/c1-13-18(22(28)31-11-10-29-2)21(33-19(13)20(23)27)24-16(25)12-32-17(26)9-6-14-4-7-15(30-3)8-5-14/h4-5,7-8H,6,9-12H2,1-3H3,(H2,23,27)(H,24,25). The Kier molecular flexibility index (Phi) is 9.83. The summed E-state index contributed by atoms with van der Waals surface area (Å²) < 4.78 is 20.0. The maximum atomic E-state index is 12.4. The van der Waals surface area contributed by atoms with E-state index >= 15 is 0 Å². The molecule has 0 atom stereocenters. The number of esters is 2. The molecule has 0 saturated carbocycles. The first-order valence-electron chi connectivity index (χ1n) is 9.94. The van der Waals surface area contributed by atoms with Crippen molar-refractivity contribution in [1.82, 2.24) is 0 Å². The van der Waals surface area contributed by atoms with Crippen LogP contribution in [0.2, 0.25) is 0 Å². The third-order valence-corrected chi connectivity index (χ3v) is 5.71. The van der Waals surface area contributed by atoms with E-state index in [9.17, 15) is 19.2 Å². The van der Waals surface area contributed by atoms with Crippen LogP contribution in [0.4, 0.5) is 5.00 Å². The van der Waals surface area contributed by atoms with Crippen LogP contribution in [0.25, 0.3) is 0 Å². The Balaban J connectivity index is 1.94. The highest BCUT2D eigenvalue weighted by atomic mass is 32.1. The fourth-order valence-electron chi connectivity index (χ4n) is 2.79.